The van der Waals surface area contributed by atoms with E-state index in [-0.39, 0.29) is 17.7 Å². The fourth-order valence-electron chi connectivity index (χ4n) is 3.63. The Morgan fingerprint density at radius 2 is 1.83 bits per heavy atom. The van der Waals surface area contributed by atoms with Crippen LogP contribution in [0.4, 0.5) is 0 Å². The fraction of sp³-hybridized carbons (Fsp3) is 0.455. The molecule has 3 rings (SSSR count). The van der Waals surface area contributed by atoms with Gasteiger partial charge in [0.1, 0.15) is 0 Å². The second kappa shape index (κ2) is 10.0. The van der Waals surface area contributed by atoms with Gasteiger partial charge in [-0.1, -0.05) is 18.2 Å². The van der Waals surface area contributed by atoms with Crippen LogP contribution in [0.15, 0.2) is 36.7 Å². The molecule has 1 aliphatic rings. The van der Waals surface area contributed by atoms with Gasteiger partial charge in [-0.2, -0.15) is 5.10 Å². The summed E-state index contributed by atoms with van der Waals surface area (Å²) >= 11 is 0. The summed E-state index contributed by atoms with van der Waals surface area (Å²) in [5.74, 6) is 0.142. The highest BCUT2D eigenvalue weighted by molar-refractivity contribution is 5.95. The third-order valence-corrected chi connectivity index (χ3v) is 5.50. The van der Waals surface area contributed by atoms with Crippen LogP contribution in [0.1, 0.15) is 45.5 Å². The smallest absolute Gasteiger partial charge is 0.254 e. The Bertz CT molecular complexity index is 900. The van der Waals surface area contributed by atoms with E-state index < -0.39 is 0 Å². The average Bonchev–Trinajstić information content (AvgIpc) is 3.19. The maximum atomic E-state index is 12.4. The van der Waals surface area contributed by atoms with Crippen molar-refractivity contribution < 1.29 is 14.4 Å². The Morgan fingerprint density at radius 1 is 1.10 bits per heavy atom. The van der Waals surface area contributed by atoms with Crippen LogP contribution in [0.25, 0.3) is 0 Å². The van der Waals surface area contributed by atoms with Gasteiger partial charge in [-0.25, -0.2) is 0 Å². The van der Waals surface area contributed by atoms with Gasteiger partial charge >= 0.3 is 0 Å². The van der Waals surface area contributed by atoms with Gasteiger partial charge in [0, 0.05) is 51.4 Å². The van der Waals surface area contributed by atoms with E-state index in [4.69, 9.17) is 0 Å². The number of amides is 3. The van der Waals surface area contributed by atoms with E-state index in [0.29, 0.717) is 49.6 Å². The molecule has 0 bridgehead atoms. The molecule has 0 atom stereocenters. The van der Waals surface area contributed by atoms with Gasteiger partial charge in [0.2, 0.25) is 5.91 Å². The lowest BCUT2D eigenvalue weighted by Crippen LogP contribution is -2.42. The topological polar surface area (TPSA) is 96.3 Å². The number of nitrogens with zero attached hydrogens (tertiary/aromatic N) is 3. The molecular formula is C22H29N5O3. The summed E-state index contributed by atoms with van der Waals surface area (Å²) in [6.45, 7) is 4.18. The van der Waals surface area contributed by atoms with Gasteiger partial charge in [0.15, 0.2) is 0 Å². The standard InChI is InChI=1S/C22H29N5O3/c1-16-5-3-4-6-19(16)22(30)23-10-7-20(28)27-11-8-17(9-12-27)13-24-21(29)18-14-25-26(2)15-18/h3-6,14-15,17H,7-13H2,1-2H3,(H,23,30)(H,24,29). The molecule has 1 fully saturated rings. The van der Waals surface area contributed by atoms with E-state index in [9.17, 15) is 14.4 Å². The summed E-state index contributed by atoms with van der Waals surface area (Å²) in [6, 6.07) is 7.40. The summed E-state index contributed by atoms with van der Waals surface area (Å²) in [7, 11) is 1.78. The predicted octanol–water partition coefficient (Wildman–Crippen LogP) is 1.52. The van der Waals surface area contributed by atoms with Gasteiger partial charge < -0.3 is 15.5 Å². The molecule has 0 saturated carbocycles. The number of carbonyl (C=O) groups is 3. The Hall–Kier alpha value is -3.16. The minimum absolute atomic E-state index is 0.0536. The van der Waals surface area contributed by atoms with Crippen molar-refractivity contribution in [2.24, 2.45) is 13.0 Å². The van der Waals surface area contributed by atoms with E-state index in [0.717, 1.165) is 18.4 Å². The molecule has 0 unspecified atom stereocenters. The van der Waals surface area contributed by atoms with E-state index in [1.807, 2.05) is 30.0 Å². The number of piperidine rings is 1. The number of aryl methyl sites for hydroxylation is 2. The zero-order valence-electron chi connectivity index (χ0n) is 17.6. The van der Waals surface area contributed by atoms with E-state index in [2.05, 4.69) is 15.7 Å². The van der Waals surface area contributed by atoms with Crippen molar-refractivity contribution in [3.05, 3.63) is 53.3 Å². The highest BCUT2D eigenvalue weighted by Gasteiger charge is 2.23. The fourth-order valence-corrected chi connectivity index (χ4v) is 3.63. The molecule has 30 heavy (non-hydrogen) atoms. The number of carbonyl (C=O) groups excluding carboxylic acids is 3. The molecule has 0 radical (unpaired) electrons. The summed E-state index contributed by atoms with van der Waals surface area (Å²) in [4.78, 5) is 38.6. The highest BCUT2D eigenvalue weighted by atomic mass is 16.2. The van der Waals surface area contributed by atoms with Crippen molar-refractivity contribution in [3.63, 3.8) is 0 Å². The maximum absolute atomic E-state index is 12.4. The Balaban J connectivity index is 1.34. The lowest BCUT2D eigenvalue weighted by molar-refractivity contribution is -0.132. The molecule has 2 N–H and O–H groups in total. The molecule has 0 spiro atoms. The number of aromatic nitrogens is 2. The molecule has 8 heteroatoms. The molecule has 1 saturated heterocycles. The molecule has 1 aliphatic heterocycles. The van der Waals surface area contributed by atoms with Crippen LogP contribution in [0.2, 0.25) is 0 Å². The molecule has 2 aromatic rings. The number of benzene rings is 1. The first kappa shape index (κ1) is 21.5. The summed E-state index contributed by atoms with van der Waals surface area (Å²) in [6.07, 6.45) is 5.24. The van der Waals surface area contributed by atoms with Gasteiger partial charge in [-0.3, -0.25) is 19.1 Å². The molecule has 1 aromatic heterocycles. The zero-order chi connectivity index (χ0) is 21.5. The first-order chi connectivity index (χ1) is 14.4. The lowest BCUT2D eigenvalue weighted by Gasteiger charge is -2.32. The number of hydrogen-bond donors (Lipinski definition) is 2. The lowest BCUT2D eigenvalue weighted by atomic mass is 9.96. The third kappa shape index (κ3) is 5.68. The largest absolute Gasteiger partial charge is 0.352 e. The first-order valence-corrected chi connectivity index (χ1v) is 10.3. The van der Waals surface area contributed by atoms with Crippen LogP contribution < -0.4 is 10.6 Å². The molecule has 2 heterocycles. The van der Waals surface area contributed by atoms with Crippen molar-refractivity contribution in [2.75, 3.05) is 26.2 Å². The van der Waals surface area contributed by atoms with Gasteiger partial charge in [-0.15, -0.1) is 0 Å². The van der Waals surface area contributed by atoms with Crippen molar-refractivity contribution in [3.8, 4) is 0 Å². The Labute approximate surface area is 176 Å². The van der Waals surface area contributed by atoms with Gasteiger partial charge in [0.25, 0.3) is 11.8 Å². The summed E-state index contributed by atoms with van der Waals surface area (Å²) in [5, 5.41) is 9.78. The average molecular weight is 412 g/mol. The molecule has 160 valence electrons. The molecule has 3 amide bonds. The van der Waals surface area contributed by atoms with Crippen LogP contribution in [0.3, 0.4) is 0 Å². The molecule has 1 aromatic carbocycles. The van der Waals surface area contributed by atoms with Gasteiger partial charge in [-0.05, 0) is 37.3 Å². The number of hydrogen-bond acceptors (Lipinski definition) is 4. The SMILES string of the molecule is Cc1ccccc1C(=O)NCCC(=O)N1CCC(CNC(=O)c2cnn(C)c2)CC1. The predicted molar refractivity (Wildman–Crippen MR) is 113 cm³/mol. The second-order valence-electron chi connectivity index (χ2n) is 7.76. The number of rotatable bonds is 7. The summed E-state index contributed by atoms with van der Waals surface area (Å²) in [5.41, 5.74) is 2.11. The van der Waals surface area contributed by atoms with Crippen molar-refractivity contribution in [1.82, 2.24) is 25.3 Å². The third-order valence-electron chi connectivity index (χ3n) is 5.50. The van der Waals surface area contributed by atoms with Crippen LogP contribution in [-0.4, -0.2) is 58.6 Å². The molecule has 0 aliphatic carbocycles. The van der Waals surface area contributed by atoms with Crippen molar-refractivity contribution in [1.29, 1.82) is 0 Å². The first-order valence-electron chi connectivity index (χ1n) is 10.3. The monoisotopic (exact) mass is 411 g/mol. The Morgan fingerprint density at radius 3 is 2.50 bits per heavy atom. The van der Waals surface area contributed by atoms with E-state index >= 15 is 0 Å². The minimum Gasteiger partial charge on any atom is -0.352 e. The van der Waals surface area contributed by atoms with Crippen LogP contribution >= 0.6 is 0 Å². The number of likely N-dealkylation sites (tertiary alicyclic amines) is 1. The Kier molecular flexibility index (Phi) is 7.21. The van der Waals surface area contributed by atoms with Crippen molar-refractivity contribution >= 4 is 17.7 Å². The van der Waals surface area contributed by atoms with Crippen molar-refractivity contribution in [2.45, 2.75) is 26.2 Å². The quantitative estimate of drug-likeness (QED) is 0.722. The highest BCUT2D eigenvalue weighted by Crippen LogP contribution is 2.17. The van der Waals surface area contributed by atoms with Gasteiger partial charge in [0.05, 0.1) is 11.8 Å². The summed E-state index contributed by atoms with van der Waals surface area (Å²) < 4.78 is 1.60. The van der Waals surface area contributed by atoms with E-state index in [1.54, 1.807) is 30.2 Å². The van der Waals surface area contributed by atoms with Crippen LogP contribution in [0, 0.1) is 12.8 Å². The molecule has 8 nitrogen and oxygen atoms in total. The number of nitrogens with one attached hydrogen (secondary N) is 2. The van der Waals surface area contributed by atoms with Crippen LogP contribution in [0.5, 0.6) is 0 Å². The van der Waals surface area contributed by atoms with Crippen LogP contribution in [-0.2, 0) is 11.8 Å². The molecular weight excluding hydrogens is 382 g/mol. The normalized spacial score (nSPS) is 14.4. The van der Waals surface area contributed by atoms with E-state index in [1.165, 1.54) is 0 Å². The maximum Gasteiger partial charge on any atom is 0.254 e. The minimum atomic E-state index is -0.149. The zero-order valence-corrected chi connectivity index (χ0v) is 17.6. The second-order valence-corrected chi connectivity index (χ2v) is 7.76.